The average molecular weight is 536 g/mol. The molecule has 0 saturated carbocycles. The van der Waals surface area contributed by atoms with Crippen LogP contribution in [-0.2, 0) is 23.9 Å². The molecule has 1 aliphatic heterocycles. The van der Waals surface area contributed by atoms with Gasteiger partial charge >= 0.3 is 11.9 Å². The van der Waals surface area contributed by atoms with Crippen molar-refractivity contribution in [2.75, 3.05) is 27.4 Å². The van der Waals surface area contributed by atoms with Crippen molar-refractivity contribution in [3.05, 3.63) is 44.7 Å². The molecule has 1 aromatic carbocycles. The molecule has 3 rings (SSSR count). The monoisotopic (exact) mass is 535 g/mol. The number of nitrogens with one attached hydrogen (secondary N) is 1. The highest BCUT2D eigenvalue weighted by Gasteiger charge is 2.47. The first-order chi connectivity index (χ1) is 16.2. The summed E-state index contributed by atoms with van der Waals surface area (Å²) in [4.78, 5) is 39.4. The van der Waals surface area contributed by atoms with E-state index >= 15 is 0 Å². The summed E-state index contributed by atoms with van der Waals surface area (Å²) in [5, 5.41) is 3.24. The number of halogens is 1. The maximum absolute atomic E-state index is 13.8. The minimum atomic E-state index is -0.956. The Bertz CT molecular complexity index is 1080. The Morgan fingerprint density at radius 1 is 1.18 bits per heavy atom. The quantitative estimate of drug-likeness (QED) is 0.412. The highest BCUT2D eigenvalue weighted by Crippen LogP contribution is 2.48. The molecule has 1 aliphatic carbocycles. The van der Waals surface area contributed by atoms with Crippen molar-refractivity contribution in [1.82, 2.24) is 5.32 Å². The fourth-order valence-corrected chi connectivity index (χ4v) is 5.26. The van der Waals surface area contributed by atoms with E-state index in [1.54, 1.807) is 26.0 Å². The molecule has 0 unspecified atom stereocenters. The Hall–Kier alpha value is -2.81. The third-order valence-corrected chi connectivity index (χ3v) is 6.70. The standard InChI is InChI=1S/C25H30BrNO7/c1-7-33-23-15(26)10-14(11-17(23)31-5)20-19(25(30)34-8-2)13(4)27-16-9-12(3)18(24(29)32-6)22(28)21(16)20/h10-12,18,20,27H,7-9H2,1-6H3/t12-,18-,20-/m1/s1. The molecular formula is C25H30BrNO7. The van der Waals surface area contributed by atoms with Crippen LogP contribution in [0.4, 0.5) is 0 Å². The van der Waals surface area contributed by atoms with Gasteiger partial charge in [0.05, 0.1) is 37.5 Å². The minimum Gasteiger partial charge on any atom is -0.493 e. The Balaban J connectivity index is 2.26. The van der Waals surface area contributed by atoms with Crippen LogP contribution in [0.2, 0.25) is 0 Å². The number of carbonyl (C=O) groups is 3. The van der Waals surface area contributed by atoms with Crippen LogP contribution in [0.1, 0.15) is 45.6 Å². The van der Waals surface area contributed by atoms with Crippen LogP contribution in [0.3, 0.4) is 0 Å². The van der Waals surface area contributed by atoms with Gasteiger partial charge in [0.2, 0.25) is 0 Å². The number of carbonyl (C=O) groups excluding carboxylic acids is 3. The zero-order valence-corrected chi connectivity index (χ0v) is 21.8. The molecule has 0 bridgehead atoms. The van der Waals surface area contributed by atoms with E-state index in [2.05, 4.69) is 21.2 Å². The Morgan fingerprint density at radius 2 is 1.88 bits per heavy atom. The van der Waals surface area contributed by atoms with Crippen molar-refractivity contribution in [2.45, 2.75) is 40.0 Å². The molecule has 0 radical (unpaired) electrons. The van der Waals surface area contributed by atoms with Crippen molar-refractivity contribution in [1.29, 1.82) is 0 Å². The largest absolute Gasteiger partial charge is 0.493 e. The molecule has 0 spiro atoms. The summed E-state index contributed by atoms with van der Waals surface area (Å²) >= 11 is 3.54. The number of dihydropyridines is 1. The lowest BCUT2D eigenvalue weighted by Gasteiger charge is -2.38. The number of rotatable bonds is 7. The van der Waals surface area contributed by atoms with Gasteiger partial charge in [0.25, 0.3) is 0 Å². The highest BCUT2D eigenvalue weighted by atomic mass is 79.9. The maximum atomic E-state index is 13.8. The number of esters is 2. The Labute approximate surface area is 207 Å². The van der Waals surface area contributed by atoms with E-state index in [9.17, 15) is 14.4 Å². The Morgan fingerprint density at radius 3 is 2.47 bits per heavy atom. The molecule has 0 fully saturated rings. The summed E-state index contributed by atoms with van der Waals surface area (Å²) in [6.45, 7) is 7.83. The van der Waals surface area contributed by atoms with E-state index < -0.39 is 23.8 Å². The summed E-state index contributed by atoms with van der Waals surface area (Å²) in [6.07, 6.45) is 0.458. The lowest BCUT2D eigenvalue weighted by Crippen LogP contribution is -2.43. The van der Waals surface area contributed by atoms with Crippen LogP contribution in [0, 0.1) is 11.8 Å². The van der Waals surface area contributed by atoms with E-state index in [1.165, 1.54) is 14.2 Å². The molecular weight excluding hydrogens is 506 g/mol. The van der Waals surface area contributed by atoms with Gasteiger partial charge in [-0.15, -0.1) is 0 Å². The number of methoxy groups -OCH3 is 2. The van der Waals surface area contributed by atoms with Crippen molar-refractivity contribution in [2.24, 2.45) is 11.8 Å². The molecule has 2 aliphatic rings. The fourth-order valence-electron chi connectivity index (χ4n) is 4.68. The van der Waals surface area contributed by atoms with Crippen LogP contribution < -0.4 is 14.8 Å². The summed E-state index contributed by atoms with van der Waals surface area (Å²) in [5.74, 6) is -2.49. The van der Waals surface area contributed by atoms with Gasteiger partial charge < -0.3 is 24.3 Å². The molecule has 0 saturated heterocycles. The lowest BCUT2D eigenvalue weighted by molar-refractivity contribution is -0.151. The van der Waals surface area contributed by atoms with Crippen molar-refractivity contribution >= 4 is 33.7 Å². The van der Waals surface area contributed by atoms with Crippen LogP contribution in [0.25, 0.3) is 0 Å². The zero-order valence-electron chi connectivity index (χ0n) is 20.2. The van der Waals surface area contributed by atoms with Gasteiger partial charge in [-0.05, 0) is 66.7 Å². The van der Waals surface area contributed by atoms with Crippen molar-refractivity contribution in [3.63, 3.8) is 0 Å². The Kier molecular flexibility index (Phi) is 8.07. The predicted molar refractivity (Wildman–Crippen MR) is 128 cm³/mol. The molecule has 0 aromatic heterocycles. The second-order valence-corrected chi connectivity index (χ2v) is 9.08. The average Bonchev–Trinajstić information content (AvgIpc) is 2.79. The number of hydrogen-bond donors (Lipinski definition) is 1. The molecule has 184 valence electrons. The molecule has 3 atom stereocenters. The number of allylic oxidation sites excluding steroid dienone is 3. The number of benzene rings is 1. The van der Waals surface area contributed by atoms with Gasteiger partial charge in [0.1, 0.15) is 5.92 Å². The number of ketones is 1. The first kappa shape index (κ1) is 25.8. The third-order valence-electron chi connectivity index (χ3n) is 6.11. The van der Waals surface area contributed by atoms with Crippen LogP contribution in [-0.4, -0.2) is 45.2 Å². The third kappa shape index (κ3) is 4.58. The van der Waals surface area contributed by atoms with Gasteiger partial charge in [-0.3, -0.25) is 9.59 Å². The normalized spacial score (nSPS) is 22.1. The molecule has 8 nitrogen and oxygen atoms in total. The van der Waals surface area contributed by atoms with E-state index in [4.69, 9.17) is 18.9 Å². The predicted octanol–water partition coefficient (Wildman–Crippen LogP) is 4.03. The smallest absolute Gasteiger partial charge is 0.336 e. The zero-order chi connectivity index (χ0) is 25.2. The van der Waals surface area contributed by atoms with Crippen LogP contribution >= 0.6 is 15.9 Å². The van der Waals surface area contributed by atoms with Crippen molar-refractivity contribution in [3.8, 4) is 11.5 Å². The molecule has 0 amide bonds. The molecule has 9 heteroatoms. The second-order valence-electron chi connectivity index (χ2n) is 8.22. The molecule has 34 heavy (non-hydrogen) atoms. The summed E-state index contributed by atoms with van der Waals surface area (Å²) in [6, 6.07) is 3.56. The minimum absolute atomic E-state index is 0.181. The van der Waals surface area contributed by atoms with Gasteiger partial charge in [-0.1, -0.05) is 6.92 Å². The summed E-state index contributed by atoms with van der Waals surface area (Å²) in [7, 11) is 2.79. The topological polar surface area (TPSA) is 100 Å². The number of ether oxygens (including phenoxy) is 4. The maximum Gasteiger partial charge on any atom is 0.336 e. The van der Waals surface area contributed by atoms with Crippen LogP contribution in [0.5, 0.6) is 11.5 Å². The molecule has 1 aromatic rings. The first-order valence-corrected chi connectivity index (χ1v) is 12.0. The van der Waals surface area contributed by atoms with E-state index in [0.29, 0.717) is 57.1 Å². The van der Waals surface area contributed by atoms with Gasteiger partial charge in [0, 0.05) is 22.9 Å². The first-order valence-electron chi connectivity index (χ1n) is 11.2. The SMILES string of the molecule is CCOC(=O)C1=C(C)NC2=C(C(=O)[C@H](C(=O)OC)[C@H](C)C2)[C@@H]1c1cc(Br)c(OCC)c(OC)c1. The highest BCUT2D eigenvalue weighted by molar-refractivity contribution is 9.10. The number of hydrogen-bond acceptors (Lipinski definition) is 8. The van der Waals surface area contributed by atoms with Gasteiger partial charge in [-0.25, -0.2) is 4.79 Å². The van der Waals surface area contributed by atoms with Gasteiger partial charge in [0.15, 0.2) is 17.3 Å². The molecule has 1 N–H and O–H groups in total. The van der Waals surface area contributed by atoms with Crippen LogP contribution in [0.15, 0.2) is 39.1 Å². The van der Waals surface area contributed by atoms with Crippen molar-refractivity contribution < 1.29 is 33.3 Å². The fraction of sp³-hybridized carbons (Fsp3) is 0.480. The molecule has 1 heterocycles. The summed E-state index contributed by atoms with van der Waals surface area (Å²) < 4.78 is 22.2. The van der Waals surface area contributed by atoms with E-state index in [0.717, 1.165) is 0 Å². The summed E-state index contributed by atoms with van der Waals surface area (Å²) in [5.41, 5.74) is 2.60. The van der Waals surface area contributed by atoms with Gasteiger partial charge in [-0.2, -0.15) is 0 Å². The van der Waals surface area contributed by atoms with E-state index in [-0.39, 0.29) is 18.3 Å². The number of Topliss-reactive ketones (excluding diaryl/α,β-unsaturated/α-hetero) is 1. The lowest BCUT2D eigenvalue weighted by atomic mass is 9.69. The van der Waals surface area contributed by atoms with E-state index in [1.807, 2.05) is 13.8 Å². The second kappa shape index (κ2) is 10.6.